The molecule has 10 nitrogen and oxygen atoms in total. The molecule has 3 fully saturated rings. The van der Waals surface area contributed by atoms with E-state index in [-0.39, 0.29) is 55.3 Å². The van der Waals surface area contributed by atoms with Crippen molar-refractivity contribution in [2.75, 3.05) is 33.5 Å². The van der Waals surface area contributed by atoms with Crippen LogP contribution in [-0.4, -0.2) is 78.3 Å². The fourth-order valence-corrected chi connectivity index (χ4v) is 9.39. The third-order valence-corrected chi connectivity index (χ3v) is 12.5. The van der Waals surface area contributed by atoms with E-state index in [1.54, 1.807) is 6.08 Å². The molecule has 2 aromatic rings. The zero-order chi connectivity index (χ0) is 38.5. The van der Waals surface area contributed by atoms with E-state index in [1.807, 2.05) is 30.1 Å². The molecule has 1 unspecified atom stereocenters. The number of fused-ring (bicyclic) bond motifs is 2. The van der Waals surface area contributed by atoms with Crippen molar-refractivity contribution in [2.24, 2.45) is 28.8 Å². The van der Waals surface area contributed by atoms with Crippen molar-refractivity contribution in [1.82, 2.24) is 4.90 Å². The Bertz CT molecular complexity index is 1730. The number of oxime groups is 1. The standard InChI is InChI=1S/C45H60N2O8/c1-5-23-52-45-40(47(4)44(50)31-16-17-31)28-38(46-55-41-14-8-11-24-51-41)36-26-32(12-6-9-21-48)35(13-7-10-22-49)42(43(36)45)37-27-34(19-20-39(37)54-45)53-33-18-15-29(2)30(3)25-33/h5,15,18-20,25-27,31-32,35,40-43,48-49H,1,6-14,16-17,21-24,28H2,2-4H3/t32-,35+,40-,41?,42+,43+,45+/m0/s1. The first-order valence-electron chi connectivity index (χ1n) is 20.7. The van der Waals surface area contributed by atoms with E-state index in [2.05, 4.69) is 44.7 Å². The van der Waals surface area contributed by atoms with Gasteiger partial charge in [0.2, 0.25) is 18.0 Å². The molecule has 0 spiro atoms. The molecule has 10 heteroatoms. The summed E-state index contributed by atoms with van der Waals surface area (Å²) in [5.41, 5.74) is 5.20. The number of hydrogen-bond acceptors (Lipinski definition) is 9. The summed E-state index contributed by atoms with van der Waals surface area (Å²) >= 11 is 0. The van der Waals surface area contributed by atoms with Crippen LogP contribution in [-0.2, 0) is 19.1 Å². The maximum Gasteiger partial charge on any atom is 0.239 e. The van der Waals surface area contributed by atoms with E-state index in [1.165, 1.54) is 5.56 Å². The summed E-state index contributed by atoms with van der Waals surface area (Å²) in [4.78, 5) is 22.1. The number of likely N-dealkylation sites (N-methyl/N-ethyl adjacent to an activating group) is 1. The van der Waals surface area contributed by atoms with Gasteiger partial charge in [-0.15, -0.1) is 6.58 Å². The van der Waals surface area contributed by atoms with Gasteiger partial charge in [0.15, 0.2) is 0 Å². The van der Waals surface area contributed by atoms with E-state index in [0.29, 0.717) is 30.9 Å². The number of carbonyl (C=O) groups excluding carboxylic acids is 1. The maximum absolute atomic E-state index is 14.0. The van der Waals surface area contributed by atoms with Crippen LogP contribution in [0.4, 0.5) is 0 Å². The molecular formula is C45H60N2O8. The Balaban J connectivity index is 1.40. The predicted octanol–water partition coefficient (Wildman–Crippen LogP) is 8.12. The lowest BCUT2D eigenvalue weighted by atomic mass is 9.55. The summed E-state index contributed by atoms with van der Waals surface area (Å²) in [7, 11) is 1.88. The number of allylic oxidation sites excluding steroid dienone is 1. The molecule has 0 radical (unpaired) electrons. The van der Waals surface area contributed by atoms with Gasteiger partial charge in [-0.1, -0.05) is 36.2 Å². The maximum atomic E-state index is 14.0. The predicted molar refractivity (Wildman–Crippen MR) is 211 cm³/mol. The molecule has 2 N–H and O–H groups in total. The Kier molecular flexibility index (Phi) is 12.7. The third-order valence-electron chi connectivity index (χ3n) is 12.5. The molecule has 3 aliphatic carbocycles. The number of rotatable bonds is 17. The van der Waals surface area contributed by atoms with Crippen molar-refractivity contribution in [2.45, 2.75) is 115 Å². The van der Waals surface area contributed by atoms with Gasteiger partial charge in [-0.3, -0.25) is 4.79 Å². The highest BCUT2D eigenvalue weighted by Crippen LogP contribution is 2.62. The lowest BCUT2D eigenvalue weighted by molar-refractivity contribution is -0.256. The lowest BCUT2D eigenvalue weighted by Gasteiger charge is -2.59. The summed E-state index contributed by atoms with van der Waals surface area (Å²) in [6.07, 6.45) is 13.5. The number of ether oxygens (including phenoxy) is 4. The first kappa shape index (κ1) is 39.5. The Morgan fingerprint density at radius 3 is 2.47 bits per heavy atom. The third kappa shape index (κ3) is 8.38. The molecule has 2 saturated carbocycles. The van der Waals surface area contributed by atoms with Crippen LogP contribution in [0, 0.1) is 37.5 Å². The smallest absolute Gasteiger partial charge is 0.239 e. The van der Waals surface area contributed by atoms with Crippen LogP contribution >= 0.6 is 0 Å². The van der Waals surface area contributed by atoms with Crippen LogP contribution in [0.2, 0.25) is 0 Å². The van der Waals surface area contributed by atoms with E-state index in [4.69, 9.17) is 28.9 Å². The minimum Gasteiger partial charge on any atom is -0.459 e. The molecule has 2 heterocycles. The average molecular weight is 757 g/mol. The Hall–Kier alpha value is -3.70. The van der Waals surface area contributed by atoms with Gasteiger partial charge in [-0.25, -0.2) is 0 Å². The molecule has 7 rings (SSSR count). The molecule has 5 aliphatic rings. The van der Waals surface area contributed by atoms with Crippen molar-refractivity contribution in [3.05, 3.63) is 77.4 Å². The van der Waals surface area contributed by atoms with Crippen LogP contribution < -0.4 is 9.47 Å². The van der Waals surface area contributed by atoms with E-state index in [0.717, 1.165) is 92.4 Å². The minimum atomic E-state index is -1.25. The molecule has 298 valence electrons. The highest BCUT2D eigenvalue weighted by Gasteiger charge is 2.65. The highest BCUT2D eigenvalue weighted by molar-refractivity contribution is 6.03. The van der Waals surface area contributed by atoms with Gasteiger partial charge < -0.3 is 38.9 Å². The average Bonchev–Trinajstić information content (AvgIpc) is 4.05. The zero-order valence-electron chi connectivity index (χ0n) is 32.9. The molecule has 2 aromatic carbocycles. The van der Waals surface area contributed by atoms with Crippen molar-refractivity contribution >= 4 is 11.6 Å². The van der Waals surface area contributed by atoms with Crippen LogP contribution in [0.15, 0.2) is 65.9 Å². The normalized spacial score (nSPS) is 29.0. The van der Waals surface area contributed by atoms with Gasteiger partial charge in [-0.05, 0) is 124 Å². The number of aliphatic hydroxyl groups excluding tert-OH is 2. The fraction of sp³-hybridized carbons (Fsp3) is 0.600. The van der Waals surface area contributed by atoms with E-state index in [9.17, 15) is 15.0 Å². The van der Waals surface area contributed by atoms with Gasteiger partial charge in [0.05, 0.1) is 24.8 Å². The monoisotopic (exact) mass is 756 g/mol. The van der Waals surface area contributed by atoms with Crippen molar-refractivity contribution in [3.8, 4) is 17.2 Å². The highest BCUT2D eigenvalue weighted by atomic mass is 16.8. The van der Waals surface area contributed by atoms with Gasteiger partial charge in [0.1, 0.15) is 23.3 Å². The molecule has 1 amide bonds. The second kappa shape index (κ2) is 17.6. The first-order valence-corrected chi connectivity index (χ1v) is 20.7. The van der Waals surface area contributed by atoms with Crippen molar-refractivity contribution in [3.63, 3.8) is 0 Å². The summed E-state index contributed by atoms with van der Waals surface area (Å²) in [5.74, 6) is 0.848. The SMILES string of the molecule is C=CCO[C@@]12Oc3ccc(Oc4ccc(C)c(C)c4)cc3[C@H]3[C@H](CCCCO)[C@@H](CCCCO)C=C(C(=NOC4CCCCO4)C[C@@H]1N(C)C(=O)C1CC1)[C@H]32. The topological polar surface area (TPSA) is 119 Å². The summed E-state index contributed by atoms with van der Waals surface area (Å²) in [5, 5.41) is 24.7. The number of hydrogen-bond donors (Lipinski definition) is 2. The van der Waals surface area contributed by atoms with Gasteiger partial charge in [0.25, 0.3) is 0 Å². The minimum absolute atomic E-state index is 0.00375. The molecular weight excluding hydrogens is 697 g/mol. The van der Waals surface area contributed by atoms with Crippen LogP contribution in [0.25, 0.3) is 0 Å². The Morgan fingerprint density at radius 2 is 1.76 bits per heavy atom. The number of aliphatic hydroxyl groups is 2. The van der Waals surface area contributed by atoms with Gasteiger partial charge >= 0.3 is 0 Å². The van der Waals surface area contributed by atoms with Crippen molar-refractivity contribution in [1.29, 1.82) is 0 Å². The fourth-order valence-electron chi connectivity index (χ4n) is 9.39. The van der Waals surface area contributed by atoms with Gasteiger partial charge in [-0.2, -0.15) is 0 Å². The zero-order valence-corrected chi connectivity index (χ0v) is 32.9. The number of amides is 1. The molecule has 0 bridgehead atoms. The van der Waals surface area contributed by atoms with Crippen LogP contribution in [0.3, 0.4) is 0 Å². The number of nitrogens with zero attached hydrogens (tertiary/aromatic N) is 2. The Morgan fingerprint density at radius 1 is 1.00 bits per heavy atom. The summed E-state index contributed by atoms with van der Waals surface area (Å²) < 4.78 is 26.8. The second-order valence-electron chi connectivity index (χ2n) is 16.2. The van der Waals surface area contributed by atoms with E-state index >= 15 is 0 Å². The largest absolute Gasteiger partial charge is 0.459 e. The van der Waals surface area contributed by atoms with E-state index < -0.39 is 18.1 Å². The number of aryl methyl sites for hydroxylation is 2. The first-order chi connectivity index (χ1) is 26.8. The van der Waals surface area contributed by atoms with Crippen LogP contribution in [0.5, 0.6) is 17.2 Å². The number of unbranched alkanes of at least 4 members (excludes halogenated alkanes) is 2. The molecule has 7 atom stereocenters. The summed E-state index contributed by atoms with van der Waals surface area (Å²) in [6.45, 7) is 9.35. The molecule has 2 aliphatic heterocycles. The number of carbonyl (C=O) groups is 1. The summed E-state index contributed by atoms with van der Waals surface area (Å²) in [6, 6.07) is 11.7. The molecule has 0 aromatic heterocycles. The van der Waals surface area contributed by atoms with Gasteiger partial charge in [0, 0.05) is 50.5 Å². The number of benzene rings is 2. The van der Waals surface area contributed by atoms with Crippen molar-refractivity contribution < 1.29 is 38.8 Å². The quantitative estimate of drug-likeness (QED) is 0.0944. The molecule has 55 heavy (non-hydrogen) atoms. The second-order valence-corrected chi connectivity index (χ2v) is 16.2. The lowest BCUT2D eigenvalue weighted by Crippen LogP contribution is -2.69. The van der Waals surface area contributed by atoms with Crippen LogP contribution in [0.1, 0.15) is 99.7 Å². The Labute approximate surface area is 326 Å². The molecule has 1 saturated heterocycles.